The maximum atomic E-state index is 9.95. The molecule has 8 N–H and O–H groups in total. The molecule has 0 saturated heterocycles. The fourth-order valence-corrected chi connectivity index (χ4v) is 2.39. The Bertz CT molecular complexity index is 429. The van der Waals surface area contributed by atoms with E-state index in [1.165, 1.54) is 0 Å². The highest BCUT2D eigenvalue weighted by atomic mass is 16.5. The SMILES string of the molecule is Nc1cccc(CO[C@H]2[C@H](O)[C@@H](O)[C@H](N)C[C@@H]2N)c1. The van der Waals surface area contributed by atoms with Crippen LogP contribution in [0.2, 0.25) is 0 Å². The molecule has 1 aromatic rings. The lowest BCUT2D eigenvalue weighted by Gasteiger charge is -2.39. The molecule has 106 valence electrons. The lowest BCUT2D eigenvalue weighted by Crippen LogP contribution is -2.61. The quantitative estimate of drug-likeness (QED) is 0.444. The number of rotatable bonds is 3. The number of nitrogen functional groups attached to an aromatic ring is 1. The van der Waals surface area contributed by atoms with Crippen LogP contribution >= 0.6 is 0 Å². The van der Waals surface area contributed by atoms with Crippen LogP contribution in [0.1, 0.15) is 12.0 Å². The zero-order valence-electron chi connectivity index (χ0n) is 10.6. The van der Waals surface area contributed by atoms with Crippen LogP contribution in [-0.4, -0.2) is 40.6 Å². The summed E-state index contributed by atoms with van der Waals surface area (Å²) >= 11 is 0. The van der Waals surface area contributed by atoms with Crippen LogP contribution in [0, 0.1) is 0 Å². The van der Waals surface area contributed by atoms with E-state index in [4.69, 9.17) is 21.9 Å². The summed E-state index contributed by atoms with van der Waals surface area (Å²) in [5.74, 6) is 0. The molecule has 19 heavy (non-hydrogen) atoms. The molecule has 0 aromatic heterocycles. The molecule has 0 aliphatic heterocycles. The Balaban J connectivity index is 1.98. The molecule has 6 heteroatoms. The highest BCUT2D eigenvalue weighted by molar-refractivity contribution is 5.40. The Hall–Kier alpha value is -1.18. The molecule has 1 fully saturated rings. The number of aliphatic hydroxyl groups excluding tert-OH is 2. The van der Waals surface area contributed by atoms with E-state index in [1.54, 1.807) is 12.1 Å². The summed E-state index contributed by atoms with van der Waals surface area (Å²) in [7, 11) is 0. The number of benzene rings is 1. The Labute approximate surface area is 112 Å². The number of ether oxygens (including phenoxy) is 1. The number of hydrogen-bond donors (Lipinski definition) is 5. The zero-order chi connectivity index (χ0) is 14.0. The Morgan fingerprint density at radius 1 is 1.16 bits per heavy atom. The van der Waals surface area contributed by atoms with Gasteiger partial charge in [-0.15, -0.1) is 0 Å². The average molecular weight is 267 g/mol. The third-order valence-electron chi connectivity index (χ3n) is 3.48. The van der Waals surface area contributed by atoms with Crippen molar-refractivity contribution in [2.24, 2.45) is 11.5 Å². The third-order valence-corrected chi connectivity index (χ3v) is 3.48. The Morgan fingerprint density at radius 3 is 2.58 bits per heavy atom. The minimum absolute atomic E-state index is 0.280. The highest BCUT2D eigenvalue weighted by Gasteiger charge is 2.41. The molecule has 1 saturated carbocycles. The predicted octanol–water partition coefficient (Wildman–Crippen LogP) is -1.07. The third kappa shape index (κ3) is 3.23. The average Bonchev–Trinajstić information content (AvgIpc) is 2.36. The molecule has 6 nitrogen and oxygen atoms in total. The molecule has 0 radical (unpaired) electrons. The van der Waals surface area contributed by atoms with E-state index >= 15 is 0 Å². The van der Waals surface area contributed by atoms with E-state index in [9.17, 15) is 10.2 Å². The first kappa shape index (κ1) is 14.2. The van der Waals surface area contributed by atoms with Crippen molar-refractivity contribution in [1.82, 2.24) is 0 Å². The van der Waals surface area contributed by atoms with Crippen molar-refractivity contribution >= 4 is 5.69 Å². The first-order chi connectivity index (χ1) is 8.99. The standard InChI is InChI=1S/C13H21N3O3/c14-8-3-1-2-7(4-8)6-19-13-10(16)5-9(15)11(17)12(13)18/h1-4,9-13,17-18H,5-6,14-16H2/t9-,10+,11+,12-,13-/m1/s1. The van der Waals surface area contributed by atoms with Crippen molar-refractivity contribution in [2.45, 2.75) is 43.4 Å². The van der Waals surface area contributed by atoms with Crippen molar-refractivity contribution in [1.29, 1.82) is 0 Å². The summed E-state index contributed by atoms with van der Waals surface area (Å²) in [5.41, 5.74) is 18.8. The summed E-state index contributed by atoms with van der Waals surface area (Å²) < 4.78 is 5.62. The number of hydrogen-bond acceptors (Lipinski definition) is 6. The first-order valence-corrected chi connectivity index (χ1v) is 6.32. The van der Waals surface area contributed by atoms with Gasteiger partial charge in [0.05, 0.1) is 12.7 Å². The van der Waals surface area contributed by atoms with Crippen molar-refractivity contribution in [2.75, 3.05) is 5.73 Å². The topological polar surface area (TPSA) is 128 Å². The van der Waals surface area contributed by atoms with Crippen LogP contribution in [0.3, 0.4) is 0 Å². The smallest absolute Gasteiger partial charge is 0.109 e. The maximum absolute atomic E-state index is 9.95. The van der Waals surface area contributed by atoms with Gasteiger partial charge in [-0.1, -0.05) is 12.1 Å². The van der Waals surface area contributed by atoms with Crippen LogP contribution in [-0.2, 0) is 11.3 Å². The molecule has 0 heterocycles. The minimum Gasteiger partial charge on any atom is -0.399 e. The first-order valence-electron chi connectivity index (χ1n) is 6.32. The molecule has 0 amide bonds. The van der Waals surface area contributed by atoms with Gasteiger partial charge >= 0.3 is 0 Å². The molecule has 0 spiro atoms. The van der Waals surface area contributed by atoms with Gasteiger partial charge in [-0.3, -0.25) is 0 Å². The normalized spacial score (nSPS) is 35.3. The Morgan fingerprint density at radius 2 is 1.89 bits per heavy atom. The summed E-state index contributed by atoms with van der Waals surface area (Å²) in [6, 6.07) is 6.37. The van der Waals surface area contributed by atoms with E-state index < -0.39 is 30.4 Å². The predicted molar refractivity (Wildman–Crippen MR) is 72.0 cm³/mol. The summed E-state index contributed by atoms with van der Waals surface area (Å²) in [6.07, 6.45) is -2.29. The van der Waals surface area contributed by atoms with Gasteiger partial charge in [-0.25, -0.2) is 0 Å². The zero-order valence-corrected chi connectivity index (χ0v) is 10.6. The van der Waals surface area contributed by atoms with Crippen LogP contribution in [0.4, 0.5) is 5.69 Å². The molecule has 1 aromatic carbocycles. The van der Waals surface area contributed by atoms with Crippen molar-refractivity contribution in [3.63, 3.8) is 0 Å². The molecule has 1 aliphatic carbocycles. The maximum Gasteiger partial charge on any atom is 0.109 e. The van der Waals surface area contributed by atoms with Crippen LogP contribution < -0.4 is 17.2 Å². The molecular formula is C13H21N3O3. The second-order valence-electron chi connectivity index (χ2n) is 5.07. The number of anilines is 1. The second-order valence-corrected chi connectivity index (χ2v) is 5.07. The van der Waals surface area contributed by atoms with Crippen molar-refractivity contribution < 1.29 is 14.9 Å². The molecule has 1 aliphatic rings. The number of nitrogens with two attached hydrogens (primary N) is 3. The van der Waals surface area contributed by atoms with E-state index in [-0.39, 0.29) is 6.61 Å². The summed E-state index contributed by atoms with van der Waals surface area (Å²) in [5, 5.41) is 19.7. The van der Waals surface area contributed by atoms with Gasteiger partial charge in [-0.2, -0.15) is 0 Å². The van der Waals surface area contributed by atoms with E-state index in [1.807, 2.05) is 12.1 Å². The van der Waals surface area contributed by atoms with Crippen LogP contribution in [0.15, 0.2) is 24.3 Å². The van der Waals surface area contributed by atoms with Gasteiger partial charge < -0.3 is 32.2 Å². The summed E-state index contributed by atoms with van der Waals surface area (Å²) in [4.78, 5) is 0. The molecule has 5 atom stereocenters. The van der Waals surface area contributed by atoms with Crippen molar-refractivity contribution in [3.8, 4) is 0 Å². The second kappa shape index (κ2) is 5.85. The summed E-state index contributed by atoms with van der Waals surface area (Å²) in [6.45, 7) is 0.280. The molecular weight excluding hydrogens is 246 g/mol. The van der Waals surface area contributed by atoms with Crippen LogP contribution in [0.25, 0.3) is 0 Å². The van der Waals surface area contributed by atoms with E-state index in [0.717, 1.165) is 5.56 Å². The fraction of sp³-hybridized carbons (Fsp3) is 0.538. The Kier molecular flexibility index (Phi) is 4.38. The van der Waals surface area contributed by atoms with Gasteiger partial charge in [-0.05, 0) is 24.1 Å². The van der Waals surface area contributed by atoms with Gasteiger partial charge in [0.1, 0.15) is 12.2 Å². The van der Waals surface area contributed by atoms with Gasteiger partial charge in [0.2, 0.25) is 0 Å². The lowest BCUT2D eigenvalue weighted by molar-refractivity contribution is -0.131. The largest absolute Gasteiger partial charge is 0.399 e. The highest BCUT2D eigenvalue weighted by Crippen LogP contribution is 2.22. The van der Waals surface area contributed by atoms with Gasteiger partial charge in [0.25, 0.3) is 0 Å². The fourth-order valence-electron chi connectivity index (χ4n) is 2.39. The molecule has 2 rings (SSSR count). The lowest BCUT2D eigenvalue weighted by atomic mass is 9.85. The number of aliphatic hydroxyl groups is 2. The van der Waals surface area contributed by atoms with E-state index in [2.05, 4.69) is 0 Å². The molecule has 0 bridgehead atoms. The van der Waals surface area contributed by atoms with Gasteiger partial charge in [0, 0.05) is 17.8 Å². The van der Waals surface area contributed by atoms with Gasteiger partial charge in [0.15, 0.2) is 0 Å². The van der Waals surface area contributed by atoms with Crippen molar-refractivity contribution in [3.05, 3.63) is 29.8 Å². The van der Waals surface area contributed by atoms with Crippen LogP contribution in [0.5, 0.6) is 0 Å². The monoisotopic (exact) mass is 267 g/mol. The van der Waals surface area contributed by atoms with E-state index in [0.29, 0.717) is 12.1 Å². The molecule has 0 unspecified atom stereocenters. The minimum atomic E-state index is -1.07.